The third kappa shape index (κ3) is 2.27. The predicted octanol–water partition coefficient (Wildman–Crippen LogP) is 7.51. The molecule has 0 fully saturated rings. The molecule has 10 rings (SSSR count). The number of nitrogens with zero attached hydrogens (tertiary/aromatic N) is 2. The fourth-order valence-electron chi connectivity index (χ4n) is 7.69. The Morgan fingerprint density at radius 1 is 0.436 bits per heavy atom. The van der Waals surface area contributed by atoms with E-state index >= 15 is 0 Å². The first kappa shape index (κ1) is 20.0. The van der Waals surface area contributed by atoms with Gasteiger partial charge in [0.2, 0.25) is 0 Å². The summed E-state index contributed by atoms with van der Waals surface area (Å²) in [5, 5.41) is 5.30. The van der Waals surface area contributed by atoms with Crippen LogP contribution in [0, 0.1) is 0 Å². The summed E-state index contributed by atoms with van der Waals surface area (Å²) in [5.41, 5.74) is 14.5. The normalized spacial score (nSPS) is 13.1. The van der Waals surface area contributed by atoms with Crippen LogP contribution in [0.4, 0.5) is 0 Å². The fourth-order valence-corrected chi connectivity index (χ4v) is 7.69. The van der Waals surface area contributed by atoms with Crippen LogP contribution in [0.2, 0.25) is 0 Å². The topological polar surface area (TPSA) is 9.86 Å². The molecule has 0 N–H and O–H groups in total. The number of aromatic nitrogens is 2. The molecule has 2 aliphatic heterocycles. The van der Waals surface area contributed by atoms with Crippen LogP contribution in [0.1, 0.15) is 0 Å². The van der Waals surface area contributed by atoms with Gasteiger partial charge in [-0.2, -0.15) is 0 Å². The van der Waals surface area contributed by atoms with Crippen molar-refractivity contribution in [2.45, 2.75) is 0 Å². The van der Waals surface area contributed by atoms with Crippen molar-refractivity contribution in [1.82, 2.24) is 9.05 Å². The van der Waals surface area contributed by atoms with Gasteiger partial charge in [-0.1, -0.05) is 115 Å². The van der Waals surface area contributed by atoms with Crippen molar-refractivity contribution in [2.75, 3.05) is 0 Å². The first-order chi connectivity index (χ1) is 19.4. The highest BCUT2D eigenvalue weighted by Gasteiger charge is 2.41. The third-order valence-corrected chi connectivity index (χ3v) is 9.10. The van der Waals surface area contributed by atoms with Crippen LogP contribution >= 0.6 is 0 Å². The predicted molar refractivity (Wildman–Crippen MR) is 165 cm³/mol. The van der Waals surface area contributed by atoms with Gasteiger partial charge in [0.1, 0.15) is 0 Å². The van der Waals surface area contributed by atoms with Crippen LogP contribution in [-0.2, 0) is 0 Å². The van der Waals surface area contributed by atoms with Crippen molar-refractivity contribution in [2.24, 2.45) is 0 Å². The van der Waals surface area contributed by atoms with Crippen LogP contribution in [0.3, 0.4) is 0 Å². The van der Waals surface area contributed by atoms with E-state index < -0.39 is 0 Å². The zero-order chi connectivity index (χ0) is 25.2. The van der Waals surface area contributed by atoms with Gasteiger partial charge in [-0.05, 0) is 34.2 Å². The maximum absolute atomic E-state index is 2.62. The lowest BCUT2D eigenvalue weighted by Crippen LogP contribution is -2.55. The molecule has 0 aliphatic carbocycles. The van der Waals surface area contributed by atoms with E-state index in [1.165, 1.54) is 82.5 Å². The minimum Gasteiger partial charge on any atom is -0.375 e. The third-order valence-electron chi connectivity index (χ3n) is 9.10. The Bertz CT molecular complexity index is 2340. The van der Waals surface area contributed by atoms with Gasteiger partial charge in [-0.3, -0.25) is 0 Å². The molecule has 2 nitrogen and oxygen atoms in total. The minimum absolute atomic E-state index is 0.120. The SMILES string of the molecule is c1ccc(-c2cccc3c4cccc5c4n(c23)-c2cccc3c2B5n2c4ccccc4c4cccc-3c42)cc1. The fraction of sp³-hybridized carbons (Fsp3) is 0. The molecule has 178 valence electrons. The average molecular weight is 492 g/mol. The number of fused-ring (bicyclic) bond motifs is 10. The van der Waals surface area contributed by atoms with Crippen LogP contribution in [0.5, 0.6) is 0 Å². The van der Waals surface area contributed by atoms with Gasteiger partial charge < -0.3 is 9.05 Å². The van der Waals surface area contributed by atoms with Crippen molar-refractivity contribution in [3.8, 4) is 27.9 Å². The van der Waals surface area contributed by atoms with Gasteiger partial charge in [-0.25, -0.2) is 0 Å². The molecule has 4 heterocycles. The van der Waals surface area contributed by atoms with Crippen molar-refractivity contribution >= 4 is 61.4 Å². The summed E-state index contributed by atoms with van der Waals surface area (Å²) >= 11 is 0. The van der Waals surface area contributed by atoms with E-state index in [-0.39, 0.29) is 6.85 Å². The number of hydrogen-bond donors (Lipinski definition) is 0. The molecule has 0 atom stereocenters. The van der Waals surface area contributed by atoms with E-state index in [1.807, 2.05) is 0 Å². The molecule has 0 spiro atoms. The Morgan fingerprint density at radius 3 is 1.95 bits per heavy atom. The first-order valence-electron chi connectivity index (χ1n) is 13.7. The van der Waals surface area contributed by atoms with E-state index in [9.17, 15) is 0 Å². The lowest BCUT2D eigenvalue weighted by molar-refractivity contribution is 1.18. The van der Waals surface area contributed by atoms with Crippen LogP contribution in [0.15, 0.2) is 127 Å². The summed E-state index contributed by atoms with van der Waals surface area (Å²) in [6.45, 7) is 0.120. The largest absolute Gasteiger partial charge is 0.375 e. The number of benzene rings is 6. The summed E-state index contributed by atoms with van der Waals surface area (Å²) in [7, 11) is 0. The lowest BCUT2D eigenvalue weighted by Gasteiger charge is -2.34. The van der Waals surface area contributed by atoms with E-state index in [0.717, 1.165) is 0 Å². The first-order valence-corrected chi connectivity index (χ1v) is 13.7. The van der Waals surface area contributed by atoms with Gasteiger partial charge in [0.15, 0.2) is 0 Å². The molecule has 3 heteroatoms. The Morgan fingerprint density at radius 2 is 1.08 bits per heavy atom. The van der Waals surface area contributed by atoms with Gasteiger partial charge in [0.25, 0.3) is 0 Å². The van der Waals surface area contributed by atoms with Crippen molar-refractivity contribution < 1.29 is 0 Å². The Labute approximate surface area is 225 Å². The van der Waals surface area contributed by atoms with Crippen molar-refractivity contribution in [3.63, 3.8) is 0 Å². The molecule has 8 aromatic rings. The molecule has 0 radical (unpaired) electrons. The van der Waals surface area contributed by atoms with E-state index in [1.54, 1.807) is 0 Å². The lowest BCUT2D eigenvalue weighted by atomic mass is 9.45. The highest BCUT2D eigenvalue weighted by atomic mass is 15.0. The summed E-state index contributed by atoms with van der Waals surface area (Å²) < 4.78 is 5.19. The highest BCUT2D eigenvalue weighted by molar-refractivity contribution is 6.90. The quantitative estimate of drug-likeness (QED) is 0.210. The molecule has 0 bridgehead atoms. The smallest absolute Gasteiger partial charge is 0.333 e. The Hall–Kier alpha value is -5.02. The second-order valence-electron chi connectivity index (χ2n) is 10.9. The zero-order valence-corrected chi connectivity index (χ0v) is 21.1. The van der Waals surface area contributed by atoms with Crippen LogP contribution < -0.4 is 10.9 Å². The summed E-state index contributed by atoms with van der Waals surface area (Å²) in [4.78, 5) is 0. The van der Waals surface area contributed by atoms with Crippen molar-refractivity contribution in [1.29, 1.82) is 0 Å². The minimum atomic E-state index is 0.120. The van der Waals surface area contributed by atoms with Gasteiger partial charge >= 0.3 is 6.85 Å². The molecule has 2 aromatic heterocycles. The summed E-state index contributed by atoms with van der Waals surface area (Å²) in [6.07, 6.45) is 0. The second-order valence-corrected chi connectivity index (χ2v) is 10.9. The number of para-hydroxylation sites is 4. The van der Waals surface area contributed by atoms with Crippen LogP contribution in [-0.4, -0.2) is 15.9 Å². The maximum atomic E-state index is 2.62. The maximum Gasteiger partial charge on any atom is 0.333 e. The Kier molecular flexibility index (Phi) is 3.54. The molecule has 6 aromatic carbocycles. The van der Waals surface area contributed by atoms with E-state index in [0.29, 0.717) is 0 Å². The number of hydrogen-bond acceptors (Lipinski definition) is 0. The van der Waals surface area contributed by atoms with E-state index in [2.05, 4.69) is 136 Å². The summed E-state index contributed by atoms with van der Waals surface area (Å²) in [5.74, 6) is 0. The molecular weight excluding hydrogens is 471 g/mol. The molecule has 0 unspecified atom stereocenters. The zero-order valence-electron chi connectivity index (χ0n) is 21.1. The average Bonchev–Trinajstić information content (AvgIpc) is 3.52. The monoisotopic (exact) mass is 492 g/mol. The van der Waals surface area contributed by atoms with Gasteiger partial charge in [-0.15, -0.1) is 0 Å². The molecule has 0 saturated heterocycles. The van der Waals surface area contributed by atoms with Crippen molar-refractivity contribution in [3.05, 3.63) is 127 Å². The molecule has 0 amide bonds. The second kappa shape index (κ2) is 6.89. The highest BCUT2D eigenvalue weighted by Crippen LogP contribution is 2.44. The van der Waals surface area contributed by atoms with Gasteiger partial charge in [0, 0.05) is 49.4 Å². The molecule has 39 heavy (non-hydrogen) atoms. The van der Waals surface area contributed by atoms with E-state index in [4.69, 9.17) is 0 Å². The summed E-state index contributed by atoms with van der Waals surface area (Å²) in [6, 6.07) is 47.2. The molecule has 2 aliphatic rings. The van der Waals surface area contributed by atoms with Gasteiger partial charge in [0.05, 0.1) is 11.0 Å². The van der Waals surface area contributed by atoms with Crippen LogP contribution in [0.25, 0.3) is 71.6 Å². The molecular formula is C36H21BN2. The molecule has 0 saturated carbocycles. The standard InChI is InChI=1S/C36H21BN2/c1-2-10-22(11-3-1)23-13-6-17-28-29-18-8-19-30-36(29)38(34(23)28)32-21-9-14-25-27-16-7-15-26-24-12-4-5-20-31(24)39(35(26)27)37(30)33(25)32/h1-21H. The number of rotatable bonds is 1. The Balaban J connectivity index is 1.46.